The third kappa shape index (κ3) is 6.85. The van der Waals surface area contributed by atoms with Crippen LogP contribution in [0.25, 0.3) is 17.3 Å². The van der Waals surface area contributed by atoms with Gasteiger partial charge in [-0.1, -0.05) is 42.3 Å². The van der Waals surface area contributed by atoms with E-state index < -0.39 is 11.9 Å². The molecule has 3 rings (SSSR count). The molecule has 7 nitrogen and oxygen atoms in total. The first-order valence-electron chi connectivity index (χ1n) is 11.2. The highest BCUT2D eigenvalue weighted by atomic mass is 35.5. The van der Waals surface area contributed by atoms with Gasteiger partial charge in [0.25, 0.3) is 5.91 Å². The van der Waals surface area contributed by atoms with E-state index in [1.807, 2.05) is 23.6 Å². The van der Waals surface area contributed by atoms with Crippen LogP contribution in [0.15, 0.2) is 41.3 Å². The maximum atomic E-state index is 12.8. The summed E-state index contributed by atoms with van der Waals surface area (Å²) in [4.78, 5) is 28.5. The molecule has 1 heterocycles. The maximum Gasteiger partial charge on any atom is 0.331 e. The molecule has 0 aliphatic rings. The molecule has 0 saturated carbocycles. The number of hydrogen-bond acceptors (Lipinski definition) is 6. The Kier molecular flexibility index (Phi) is 9.89. The number of rotatable bonds is 11. The lowest BCUT2D eigenvalue weighted by atomic mass is 10.0. The lowest BCUT2D eigenvalue weighted by molar-refractivity contribution is -0.132. The van der Waals surface area contributed by atoms with Crippen molar-refractivity contribution in [2.45, 2.75) is 26.7 Å². The summed E-state index contributed by atoms with van der Waals surface area (Å²) in [6, 6.07) is 8.73. The van der Waals surface area contributed by atoms with Crippen molar-refractivity contribution in [2.75, 3.05) is 25.6 Å². The van der Waals surface area contributed by atoms with Gasteiger partial charge in [0.2, 0.25) is 0 Å². The zero-order valence-electron chi connectivity index (χ0n) is 20.1. The van der Waals surface area contributed by atoms with E-state index in [2.05, 4.69) is 17.2 Å². The van der Waals surface area contributed by atoms with E-state index >= 15 is 0 Å². The highest BCUT2D eigenvalue weighted by Crippen LogP contribution is 2.35. The number of amides is 1. The quantitative estimate of drug-likeness (QED) is 0.201. The van der Waals surface area contributed by atoms with Gasteiger partial charge in [0.15, 0.2) is 5.13 Å². The van der Waals surface area contributed by atoms with Crippen molar-refractivity contribution in [1.29, 1.82) is 0 Å². The van der Waals surface area contributed by atoms with Gasteiger partial charge in [0.05, 0.1) is 29.5 Å². The molecule has 0 unspecified atom stereocenters. The molecule has 3 aromatic rings. The molecular weight excluding hydrogens is 523 g/mol. The Bertz CT molecular complexity index is 1270. The van der Waals surface area contributed by atoms with E-state index in [0.717, 1.165) is 29.9 Å². The van der Waals surface area contributed by atoms with Gasteiger partial charge in [0.1, 0.15) is 5.75 Å². The van der Waals surface area contributed by atoms with Crippen molar-refractivity contribution >= 4 is 57.6 Å². The van der Waals surface area contributed by atoms with Gasteiger partial charge < -0.3 is 14.6 Å². The number of para-hydroxylation sites is 1. The molecule has 0 atom stereocenters. The molecule has 0 bridgehead atoms. The highest BCUT2D eigenvalue weighted by Gasteiger charge is 2.17. The highest BCUT2D eigenvalue weighted by molar-refractivity contribution is 7.14. The molecule has 190 valence electrons. The van der Waals surface area contributed by atoms with E-state index in [4.69, 9.17) is 37.8 Å². The summed E-state index contributed by atoms with van der Waals surface area (Å²) in [6.07, 6.45) is 3.04. The van der Waals surface area contributed by atoms with Gasteiger partial charge in [0, 0.05) is 34.3 Å². The van der Waals surface area contributed by atoms with Crippen LogP contribution in [-0.2, 0) is 16.0 Å². The van der Waals surface area contributed by atoms with Crippen LogP contribution in [0.5, 0.6) is 5.75 Å². The number of carbonyl (C=O) groups excluding carboxylic acids is 1. The van der Waals surface area contributed by atoms with Gasteiger partial charge in [-0.15, -0.1) is 11.3 Å². The molecule has 2 N–H and O–H groups in total. The minimum atomic E-state index is -1.09. The zero-order valence-corrected chi connectivity index (χ0v) is 22.4. The number of hydrogen-bond donors (Lipinski definition) is 2. The Hall–Kier alpha value is -2.91. The van der Waals surface area contributed by atoms with E-state index in [0.29, 0.717) is 29.4 Å². The number of anilines is 1. The number of halogens is 2. The van der Waals surface area contributed by atoms with E-state index in [9.17, 15) is 9.59 Å². The van der Waals surface area contributed by atoms with E-state index in [1.54, 1.807) is 7.11 Å². The Balaban J connectivity index is 1.79. The number of aromatic nitrogens is 1. The van der Waals surface area contributed by atoms with Crippen LogP contribution in [0, 0.1) is 0 Å². The summed E-state index contributed by atoms with van der Waals surface area (Å²) in [5, 5.41) is 14.4. The molecule has 0 aliphatic heterocycles. The summed E-state index contributed by atoms with van der Waals surface area (Å²) in [7, 11) is 1.62. The fraction of sp³-hybridized carbons (Fsp3) is 0.269. The number of nitrogens with zero attached hydrogens (tertiary/aromatic N) is 1. The van der Waals surface area contributed by atoms with E-state index in [1.165, 1.54) is 36.5 Å². The van der Waals surface area contributed by atoms with Gasteiger partial charge in [-0.25, -0.2) is 9.78 Å². The molecule has 36 heavy (non-hydrogen) atoms. The molecular formula is C26H26Cl2N2O5S. The number of aliphatic carboxylic acids is 1. The normalized spacial score (nSPS) is 11.4. The third-order valence-corrected chi connectivity index (χ3v) is 6.59. The molecule has 1 aromatic heterocycles. The molecule has 2 aromatic carbocycles. The topological polar surface area (TPSA) is 97.8 Å². The molecule has 0 radical (unpaired) electrons. The van der Waals surface area contributed by atoms with Gasteiger partial charge in [-0.3, -0.25) is 10.1 Å². The number of carboxylic acid groups (broad SMARTS) is 1. The van der Waals surface area contributed by atoms with Gasteiger partial charge in [-0.2, -0.15) is 0 Å². The SMILES string of the molecule is CCCOCCc1cccc(-c2csc(NC(=O)c3cc(Cl)c(/C=C(\C)C(=O)O)c(Cl)c3)n2)c1OC. The zero-order chi connectivity index (χ0) is 26.2. The Morgan fingerprint density at radius 3 is 2.56 bits per heavy atom. The van der Waals surface area contributed by atoms with Crippen LogP contribution in [0.1, 0.15) is 41.8 Å². The van der Waals surface area contributed by atoms with Crippen LogP contribution in [0.2, 0.25) is 10.0 Å². The standard InChI is InChI=1S/C26H26Cl2N2O5S/c1-4-9-35-10-8-16-6-5-7-18(23(16)34-3)22-14-36-26(29-22)30-24(31)17-12-20(27)19(21(28)13-17)11-15(2)25(32)33/h5-7,11-14H,4,8-10H2,1-3H3,(H,32,33)(H,29,30,31)/b15-11+. The van der Waals surface area contributed by atoms with E-state index in [-0.39, 0.29) is 21.2 Å². The first-order chi connectivity index (χ1) is 17.2. The Morgan fingerprint density at radius 1 is 1.19 bits per heavy atom. The first kappa shape index (κ1) is 27.7. The number of carbonyl (C=O) groups is 2. The Labute approximate surface area is 223 Å². The number of ether oxygens (including phenoxy) is 2. The summed E-state index contributed by atoms with van der Waals surface area (Å²) in [5.41, 5.74) is 3.12. The van der Waals surface area contributed by atoms with Gasteiger partial charge in [-0.05, 0) is 49.6 Å². The van der Waals surface area contributed by atoms with Crippen molar-refractivity contribution in [3.05, 3.63) is 68.0 Å². The predicted molar refractivity (Wildman–Crippen MR) is 145 cm³/mol. The first-order valence-corrected chi connectivity index (χ1v) is 12.8. The monoisotopic (exact) mass is 548 g/mol. The molecule has 0 saturated heterocycles. The maximum absolute atomic E-state index is 12.8. The van der Waals surface area contributed by atoms with Crippen LogP contribution in [0.3, 0.4) is 0 Å². The smallest absolute Gasteiger partial charge is 0.331 e. The summed E-state index contributed by atoms with van der Waals surface area (Å²) in [5.74, 6) is -0.811. The van der Waals surface area contributed by atoms with Crippen molar-refractivity contribution in [1.82, 2.24) is 4.98 Å². The number of benzene rings is 2. The minimum Gasteiger partial charge on any atom is -0.496 e. The molecule has 0 fully saturated rings. The average molecular weight is 549 g/mol. The summed E-state index contributed by atoms with van der Waals surface area (Å²) >= 11 is 13.8. The fourth-order valence-corrected chi connectivity index (χ4v) is 4.71. The minimum absolute atomic E-state index is 0.0688. The second-order valence-corrected chi connectivity index (χ2v) is 9.51. The fourth-order valence-electron chi connectivity index (χ4n) is 3.41. The van der Waals surface area contributed by atoms with Crippen molar-refractivity contribution in [3.8, 4) is 17.0 Å². The number of nitrogens with one attached hydrogen (secondary N) is 1. The molecule has 0 aliphatic carbocycles. The molecule has 0 spiro atoms. The van der Waals surface area contributed by atoms with Gasteiger partial charge >= 0.3 is 5.97 Å². The number of methoxy groups -OCH3 is 1. The van der Waals surface area contributed by atoms with Crippen LogP contribution >= 0.6 is 34.5 Å². The number of carboxylic acids is 1. The third-order valence-electron chi connectivity index (χ3n) is 5.20. The van der Waals surface area contributed by atoms with Crippen LogP contribution < -0.4 is 10.1 Å². The molecule has 10 heteroatoms. The number of thiazole rings is 1. The second-order valence-electron chi connectivity index (χ2n) is 7.84. The lowest BCUT2D eigenvalue weighted by Gasteiger charge is -2.12. The predicted octanol–water partition coefficient (Wildman–Crippen LogP) is 6.83. The lowest BCUT2D eigenvalue weighted by Crippen LogP contribution is -2.12. The second kappa shape index (κ2) is 12.9. The molecule has 1 amide bonds. The van der Waals surface area contributed by atoms with Crippen LogP contribution in [0.4, 0.5) is 5.13 Å². The summed E-state index contributed by atoms with van der Waals surface area (Å²) < 4.78 is 11.3. The van der Waals surface area contributed by atoms with Crippen molar-refractivity contribution in [3.63, 3.8) is 0 Å². The van der Waals surface area contributed by atoms with Crippen molar-refractivity contribution < 1.29 is 24.2 Å². The summed E-state index contributed by atoms with van der Waals surface area (Å²) in [6.45, 7) is 4.82. The average Bonchev–Trinajstić information content (AvgIpc) is 3.31. The largest absolute Gasteiger partial charge is 0.496 e. The Morgan fingerprint density at radius 2 is 1.92 bits per heavy atom. The van der Waals surface area contributed by atoms with Crippen LogP contribution in [-0.4, -0.2) is 42.3 Å². The van der Waals surface area contributed by atoms with Crippen molar-refractivity contribution in [2.24, 2.45) is 0 Å².